The quantitative estimate of drug-likeness (QED) is 0.175. The van der Waals surface area contributed by atoms with E-state index < -0.39 is 12.1 Å². The average molecular weight is 437 g/mol. The predicted octanol–water partition coefficient (Wildman–Crippen LogP) is 6.26. The van der Waals surface area contributed by atoms with E-state index in [0.717, 1.165) is 32.1 Å². The molecule has 1 aliphatic carbocycles. The Labute approximate surface area is 185 Å². The van der Waals surface area contributed by atoms with Crippen molar-refractivity contribution in [2.75, 3.05) is 6.61 Å². The zero-order chi connectivity index (χ0) is 22.6. The smallest absolute Gasteiger partial charge is 0.494 e. The van der Waals surface area contributed by atoms with Crippen LogP contribution in [0.25, 0.3) is 0 Å². The van der Waals surface area contributed by atoms with E-state index in [1.165, 1.54) is 12.8 Å². The molecule has 7 heteroatoms. The molecule has 1 saturated carbocycles. The summed E-state index contributed by atoms with van der Waals surface area (Å²) in [6.45, 7) is 9.17. The monoisotopic (exact) mass is 436 g/mol. The normalized spacial score (nSPS) is 20.9. The third kappa shape index (κ3) is 8.77. The number of hydrogen-bond donors (Lipinski definition) is 0. The molecule has 1 fully saturated rings. The van der Waals surface area contributed by atoms with Crippen LogP contribution in [0.15, 0.2) is 24.3 Å². The van der Waals surface area contributed by atoms with Crippen LogP contribution in [-0.4, -0.2) is 24.8 Å². The van der Waals surface area contributed by atoms with E-state index in [-0.39, 0.29) is 17.6 Å². The van der Waals surface area contributed by atoms with Gasteiger partial charge in [-0.05, 0) is 61.3 Å². The van der Waals surface area contributed by atoms with Gasteiger partial charge in [0.1, 0.15) is 11.9 Å². The Morgan fingerprint density at radius 3 is 2.45 bits per heavy atom. The molecule has 3 atom stereocenters. The topological polar surface area (TPSA) is 80.3 Å². The molecule has 7 nitrogen and oxygen atoms in total. The first-order chi connectivity index (χ1) is 14.9. The average Bonchev–Trinajstić information content (AvgIpc) is 2.73. The molecule has 174 valence electrons. The molecule has 3 unspecified atom stereocenters. The summed E-state index contributed by atoms with van der Waals surface area (Å²) in [4.78, 5) is 33.0. The van der Waals surface area contributed by atoms with E-state index in [2.05, 4.69) is 42.5 Å². The highest BCUT2D eigenvalue weighted by Crippen LogP contribution is 2.35. The SMILES string of the molecule is CCCCCCOc1ccc(C(=O)OOOC(=O)OC2CC(C)CCC2C(C)C)cc1. The first-order valence-corrected chi connectivity index (χ1v) is 11.4. The first-order valence-electron chi connectivity index (χ1n) is 11.4. The van der Waals surface area contributed by atoms with E-state index in [1.54, 1.807) is 24.3 Å². The summed E-state index contributed by atoms with van der Waals surface area (Å²) in [7, 11) is 0. The van der Waals surface area contributed by atoms with Gasteiger partial charge in [0.25, 0.3) is 0 Å². The maximum absolute atomic E-state index is 12.0. The summed E-state index contributed by atoms with van der Waals surface area (Å²) < 4.78 is 11.0. The second kappa shape index (κ2) is 13.2. The van der Waals surface area contributed by atoms with Crippen molar-refractivity contribution in [3.05, 3.63) is 29.8 Å². The molecule has 1 aromatic rings. The lowest BCUT2D eigenvalue weighted by atomic mass is 9.75. The van der Waals surface area contributed by atoms with E-state index in [4.69, 9.17) is 9.47 Å². The van der Waals surface area contributed by atoms with Crippen molar-refractivity contribution in [2.24, 2.45) is 17.8 Å². The van der Waals surface area contributed by atoms with Crippen LogP contribution in [0.3, 0.4) is 0 Å². The number of unbranched alkanes of at least 4 members (excludes halogenated alkanes) is 3. The molecule has 2 rings (SSSR count). The number of ether oxygens (including phenoxy) is 2. The fourth-order valence-corrected chi connectivity index (χ4v) is 3.92. The van der Waals surface area contributed by atoms with Gasteiger partial charge in [-0.2, -0.15) is 0 Å². The van der Waals surface area contributed by atoms with E-state index in [1.807, 2.05) is 0 Å². The second-order valence-electron chi connectivity index (χ2n) is 8.69. The van der Waals surface area contributed by atoms with Crippen molar-refractivity contribution in [3.63, 3.8) is 0 Å². The van der Waals surface area contributed by atoms with Gasteiger partial charge in [-0.1, -0.05) is 53.4 Å². The Bertz CT molecular complexity index is 671. The van der Waals surface area contributed by atoms with Gasteiger partial charge in [0.2, 0.25) is 0 Å². The lowest BCUT2D eigenvalue weighted by Gasteiger charge is -2.36. The molecule has 0 N–H and O–H groups in total. The van der Waals surface area contributed by atoms with Gasteiger partial charge in [-0.15, -0.1) is 0 Å². The van der Waals surface area contributed by atoms with Gasteiger partial charge < -0.3 is 9.47 Å². The second-order valence-corrected chi connectivity index (χ2v) is 8.69. The summed E-state index contributed by atoms with van der Waals surface area (Å²) in [6, 6.07) is 6.48. The Morgan fingerprint density at radius 1 is 1.03 bits per heavy atom. The molecule has 0 bridgehead atoms. The number of carbonyl (C=O) groups is 2. The molecule has 31 heavy (non-hydrogen) atoms. The largest absolute Gasteiger partial charge is 0.543 e. The van der Waals surface area contributed by atoms with Crippen molar-refractivity contribution in [2.45, 2.75) is 78.7 Å². The standard InChI is InChI=1S/C24H36O7/c1-5-6-7-8-15-27-20-12-10-19(11-13-20)23(25)29-31-30-24(26)28-22-16-18(4)9-14-21(22)17(2)3/h10-13,17-18,21-22H,5-9,14-16H2,1-4H3. The zero-order valence-electron chi connectivity index (χ0n) is 19.1. The van der Waals surface area contributed by atoms with Gasteiger partial charge in [0.05, 0.1) is 17.2 Å². The third-order valence-corrected chi connectivity index (χ3v) is 5.78. The van der Waals surface area contributed by atoms with Crippen molar-refractivity contribution >= 4 is 12.1 Å². The van der Waals surface area contributed by atoms with E-state index >= 15 is 0 Å². The third-order valence-electron chi connectivity index (χ3n) is 5.78. The maximum atomic E-state index is 12.0. The van der Waals surface area contributed by atoms with Crippen LogP contribution in [-0.2, 0) is 19.6 Å². The fourth-order valence-electron chi connectivity index (χ4n) is 3.92. The molecule has 0 saturated heterocycles. The molecule has 0 radical (unpaired) electrons. The molecule has 0 aromatic heterocycles. The minimum absolute atomic E-state index is 0.231. The predicted molar refractivity (Wildman–Crippen MR) is 115 cm³/mol. The van der Waals surface area contributed by atoms with Crippen molar-refractivity contribution < 1.29 is 33.9 Å². The minimum atomic E-state index is -1.01. The van der Waals surface area contributed by atoms with Gasteiger partial charge >= 0.3 is 12.1 Å². The molecule has 1 aliphatic rings. The summed E-state index contributed by atoms with van der Waals surface area (Å²) >= 11 is 0. The molecule has 0 amide bonds. The Balaban J connectivity index is 1.70. The molecular weight excluding hydrogens is 400 g/mol. The number of benzene rings is 1. The zero-order valence-corrected chi connectivity index (χ0v) is 19.1. The summed E-state index contributed by atoms with van der Waals surface area (Å²) in [5.41, 5.74) is 0.247. The number of hydrogen-bond acceptors (Lipinski definition) is 7. The van der Waals surface area contributed by atoms with Crippen LogP contribution in [0.4, 0.5) is 4.79 Å². The lowest BCUT2D eigenvalue weighted by Crippen LogP contribution is -2.36. The highest BCUT2D eigenvalue weighted by atomic mass is 17.5. The highest BCUT2D eigenvalue weighted by Gasteiger charge is 2.34. The Morgan fingerprint density at radius 2 is 1.77 bits per heavy atom. The highest BCUT2D eigenvalue weighted by molar-refractivity contribution is 5.89. The van der Waals surface area contributed by atoms with Crippen molar-refractivity contribution in [3.8, 4) is 5.75 Å². The first kappa shape index (κ1) is 25.0. The molecule has 0 heterocycles. The number of carbonyl (C=O) groups excluding carboxylic acids is 2. The van der Waals surface area contributed by atoms with E-state index in [0.29, 0.717) is 24.2 Å². The Kier molecular flexibility index (Phi) is 10.6. The van der Waals surface area contributed by atoms with E-state index in [9.17, 15) is 9.59 Å². The fraction of sp³-hybridized carbons (Fsp3) is 0.667. The van der Waals surface area contributed by atoms with Gasteiger partial charge in [-0.25, -0.2) is 14.5 Å². The van der Waals surface area contributed by atoms with Gasteiger partial charge in [0.15, 0.2) is 0 Å². The van der Waals surface area contributed by atoms with Crippen molar-refractivity contribution in [1.29, 1.82) is 0 Å². The van der Waals surface area contributed by atoms with Crippen LogP contribution in [0.2, 0.25) is 0 Å². The molecule has 0 aliphatic heterocycles. The van der Waals surface area contributed by atoms with Gasteiger partial charge in [-0.3, -0.25) is 4.89 Å². The van der Waals surface area contributed by atoms with Crippen LogP contribution in [0.5, 0.6) is 5.75 Å². The molecule has 0 spiro atoms. The minimum Gasteiger partial charge on any atom is -0.494 e. The van der Waals surface area contributed by atoms with Crippen LogP contribution in [0.1, 0.15) is 83.0 Å². The summed E-state index contributed by atoms with van der Waals surface area (Å²) in [5.74, 6) is 1.05. The Hall–Kier alpha value is -2.28. The summed E-state index contributed by atoms with van der Waals surface area (Å²) in [5, 5.41) is 4.35. The molecular formula is C24H36O7. The van der Waals surface area contributed by atoms with Crippen LogP contribution in [0, 0.1) is 17.8 Å². The van der Waals surface area contributed by atoms with Gasteiger partial charge in [0, 0.05) is 0 Å². The molecule has 1 aromatic carbocycles. The van der Waals surface area contributed by atoms with Crippen molar-refractivity contribution in [1.82, 2.24) is 0 Å². The lowest BCUT2D eigenvalue weighted by molar-refractivity contribution is -0.453. The maximum Gasteiger partial charge on any atom is 0.543 e. The van der Waals surface area contributed by atoms with Crippen LogP contribution >= 0.6 is 0 Å². The number of rotatable bonds is 11. The summed E-state index contributed by atoms with van der Waals surface area (Å²) in [6.07, 6.45) is 6.18. The van der Waals surface area contributed by atoms with Crippen LogP contribution < -0.4 is 4.74 Å².